The van der Waals surface area contributed by atoms with E-state index in [1.165, 1.54) is 33.4 Å². The standard InChI is InChI=1S/C50H79N13O10S2/c1-6-28(3)39-46(71)58-33(24-31-16-10-8-11-17-31)44(69)62-40(29(4)7-2)47(72)59-34(25-37(51)64)43(68)60-35(27-74-75-50(26-38(65)61-39)20-12-9-13-21-50)48(73)63-23-15-19-36(63)45(70)57-32(18-14-22-55-49(53)54)42(67)56-30(5)41(52)66/h8,10-11,16-17,28-30,32-36,39-40H,6-7,9,12-15,18-27H2,1-5H3,(H2,51,64)(H2,52,66)(H,56,67)(H,57,70)(H,58,71)(H,59,72)(H,60,68)(H,61,65)(H,62,69)(H4,53,54,55)/t28-,29+,30+,32+,33-,34-,35-,36+,39-,40?/m1/s1. The van der Waals surface area contributed by atoms with Gasteiger partial charge in [0.25, 0.3) is 0 Å². The van der Waals surface area contributed by atoms with E-state index in [1.807, 2.05) is 19.9 Å². The predicted molar refractivity (Wildman–Crippen MR) is 286 cm³/mol. The fourth-order valence-electron chi connectivity index (χ4n) is 9.26. The molecule has 3 fully saturated rings. The van der Waals surface area contributed by atoms with E-state index in [0.29, 0.717) is 37.7 Å². The monoisotopic (exact) mass is 1090 g/mol. The van der Waals surface area contributed by atoms with Gasteiger partial charge in [0.05, 0.1) is 6.42 Å². The number of carbonyl (C=O) groups is 10. The predicted octanol–water partition coefficient (Wildman–Crippen LogP) is -0.372. The number of aliphatic imine (C=N–C) groups is 1. The molecule has 416 valence electrons. The second kappa shape index (κ2) is 29.8. The molecular weight excluding hydrogens is 1010 g/mol. The van der Waals surface area contributed by atoms with Crippen LogP contribution >= 0.6 is 21.6 Å². The summed E-state index contributed by atoms with van der Waals surface area (Å²) in [5.74, 6) is -8.48. The molecule has 2 aliphatic heterocycles. The number of benzene rings is 1. The smallest absolute Gasteiger partial charge is 0.246 e. The maximum atomic E-state index is 14.9. The number of nitrogens with two attached hydrogens (primary N) is 4. The van der Waals surface area contributed by atoms with E-state index in [4.69, 9.17) is 22.9 Å². The molecule has 0 radical (unpaired) electrons. The van der Waals surface area contributed by atoms with E-state index in [-0.39, 0.29) is 68.7 Å². The lowest BCUT2D eigenvalue weighted by molar-refractivity contribution is -0.142. The van der Waals surface area contributed by atoms with Gasteiger partial charge in [0, 0.05) is 36.4 Å². The quantitative estimate of drug-likeness (QED) is 0.0387. The molecule has 1 unspecified atom stereocenters. The summed E-state index contributed by atoms with van der Waals surface area (Å²) in [6, 6.07) is -0.996. The van der Waals surface area contributed by atoms with Gasteiger partial charge in [-0.2, -0.15) is 0 Å². The molecule has 1 aromatic rings. The number of nitrogens with one attached hydrogen (secondary N) is 7. The number of guanidine groups is 1. The number of hydrogen-bond donors (Lipinski definition) is 11. The van der Waals surface area contributed by atoms with Crippen molar-refractivity contribution in [2.45, 2.75) is 178 Å². The van der Waals surface area contributed by atoms with Crippen LogP contribution in [0.3, 0.4) is 0 Å². The summed E-state index contributed by atoms with van der Waals surface area (Å²) in [7, 11) is 2.63. The Balaban J connectivity index is 1.75. The summed E-state index contributed by atoms with van der Waals surface area (Å²) in [6.07, 6.45) is 4.86. The van der Waals surface area contributed by atoms with E-state index in [1.54, 1.807) is 38.1 Å². The van der Waals surface area contributed by atoms with Crippen molar-refractivity contribution < 1.29 is 47.9 Å². The highest BCUT2D eigenvalue weighted by atomic mass is 33.1. The number of carbonyl (C=O) groups excluding carboxylic acids is 10. The van der Waals surface area contributed by atoms with Crippen molar-refractivity contribution in [2.75, 3.05) is 18.8 Å². The van der Waals surface area contributed by atoms with Crippen molar-refractivity contribution in [3.05, 3.63) is 35.9 Å². The number of hydrogen-bond acceptors (Lipinski definition) is 13. The van der Waals surface area contributed by atoms with Gasteiger partial charge in [-0.1, -0.05) is 112 Å². The Morgan fingerprint density at radius 2 is 1.39 bits per heavy atom. The van der Waals surface area contributed by atoms with Crippen molar-refractivity contribution >= 4 is 86.6 Å². The highest BCUT2D eigenvalue weighted by molar-refractivity contribution is 8.77. The Morgan fingerprint density at radius 1 is 0.773 bits per heavy atom. The van der Waals surface area contributed by atoms with Gasteiger partial charge in [0.2, 0.25) is 59.1 Å². The molecule has 10 atom stereocenters. The van der Waals surface area contributed by atoms with Gasteiger partial charge in [-0.05, 0) is 62.8 Å². The zero-order valence-corrected chi connectivity index (χ0v) is 45.4. The average molecular weight is 1090 g/mol. The van der Waals surface area contributed by atoms with Crippen LogP contribution in [0.15, 0.2) is 35.3 Å². The molecular formula is C50H79N13O10S2. The first-order valence-electron chi connectivity index (χ1n) is 26.0. The number of nitrogens with zero attached hydrogens (tertiary/aromatic N) is 2. The molecule has 1 spiro atoms. The second-order valence-electron chi connectivity index (χ2n) is 20.0. The molecule has 1 aliphatic carbocycles. The van der Waals surface area contributed by atoms with Crippen LogP contribution in [-0.2, 0) is 54.4 Å². The fraction of sp³-hybridized carbons (Fsp3) is 0.660. The number of rotatable bonds is 18. The molecule has 1 aromatic carbocycles. The summed E-state index contributed by atoms with van der Waals surface area (Å²) in [5.41, 5.74) is 22.7. The molecule has 15 N–H and O–H groups in total. The Morgan fingerprint density at radius 3 is 1.99 bits per heavy atom. The first-order valence-corrected chi connectivity index (χ1v) is 28.3. The zero-order chi connectivity index (χ0) is 55.4. The first kappa shape index (κ1) is 61.4. The van der Waals surface area contributed by atoms with Crippen molar-refractivity contribution in [1.82, 2.24) is 42.1 Å². The molecule has 0 bridgehead atoms. The van der Waals surface area contributed by atoms with Gasteiger partial charge in [-0.25, -0.2) is 0 Å². The van der Waals surface area contributed by atoms with Crippen LogP contribution < -0.4 is 60.2 Å². The van der Waals surface area contributed by atoms with E-state index in [0.717, 1.165) is 19.3 Å². The topological polar surface area (TPSA) is 375 Å². The Bertz CT molecular complexity index is 2210. The summed E-state index contributed by atoms with van der Waals surface area (Å²) in [5, 5.41) is 19.2. The number of amides is 10. The van der Waals surface area contributed by atoms with Crippen LogP contribution in [0.1, 0.15) is 124 Å². The van der Waals surface area contributed by atoms with Gasteiger partial charge in [0.1, 0.15) is 48.3 Å². The molecule has 4 rings (SSSR count). The molecule has 25 heteroatoms. The van der Waals surface area contributed by atoms with Gasteiger partial charge >= 0.3 is 0 Å². The van der Waals surface area contributed by atoms with Crippen molar-refractivity contribution in [1.29, 1.82) is 0 Å². The molecule has 10 amide bonds. The minimum atomic E-state index is -1.64. The summed E-state index contributed by atoms with van der Waals surface area (Å²) in [6.45, 7) is 8.82. The van der Waals surface area contributed by atoms with E-state index in [2.05, 4.69) is 42.2 Å². The summed E-state index contributed by atoms with van der Waals surface area (Å²) >= 11 is 0. The van der Waals surface area contributed by atoms with Crippen molar-refractivity contribution in [3.63, 3.8) is 0 Å². The Labute approximate surface area is 447 Å². The lowest BCUT2D eigenvalue weighted by atomic mass is 9.85. The maximum Gasteiger partial charge on any atom is 0.246 e. The fourth-order valence-corrected chi connectivity index (χ4v) is 12.6. The highest BCUT2D eigenvalue weighted by Gasteiger charge is 2.43. The maximum absolute atomic E-state index is 14.9. The third-order valence-electron chi connectivity index (χ3n) is 14.1. The molecule has 2 saturated heterocycles. The van der Waals surface area contributed by atoms with E-state index >= 15 is 0 Å². The molecule has 75 heavy (non-hydrogen) atoms. The SMILES string of the molecule is CC[C@@H](C)[C@H]1NC(=O)CC2(CCCCC2)SSC[C@H](C(=O)N2CCC[C@H]2C(=O)N[C@@H](CCCN=C(N)N)C(=O)N[C@@H](C)C(N)=O)NC(=O)[C@@H](CC(N)=O)NC(=O)C([C@@H](C)CC)NC(=O)[C@@H](Cc2ccccc2)NC1=O. The van der Waals surface area contributed by atoms with Crippen LogP contribution in [0, 0.1) is 11.8 Å². The minimum Gasteiger partial charge on any atom is -0.370 e. The largest absolute Gasteiger partial charge is 0.370 e. The molecule has 3 aliphatic rings. The summed E-state index contributed by atoms with van der Waals surface area (Å²) < 4.78 is -0.663. The Hall–Kier alpha value is -6.11. The van der Waals surface area contributed by atoms with Gasteiger partial charge in [-0.3, -0.25) is 52.9 Å². The minimum absolute atomic E-state index is 0.0143. The van der Waals surface area contributed by atoms with Gasteiger partial charge < -0.3 is 65.1 Å². The molecule has 0 aromatic heterocycles. The number of primary amides is 2. The number of likely N-dealkylation sites (tertiary alicyclic amines) is 1. The lowest BCUT2D eigenvalue weighted by Gasteiger charge is -2.37. The van der Waals surface area contributed by atoms with Crippen LogP contribution in [0.5, 0.6) is 0 Å². The summed E-state index contributed by atoms with van der Waals surface area (Å²) in [4.78, 5) is 144. The zero-order valence-electron chi connectivity index (χ0n) is 43.8. The average Bonchev–Trinajstić information content (AvgIpc) is 3.87. The van der Waals surface area contributed by atoms with Crippen LogP contribution in [0.4, 0.5) is 0 Å². The van der Waals surface area contributed by atoms with Crippen molar-refractivity contribution in [3.8, 4) is 0 Å². The van der Waals surface area contributed by atoms with Gasteiger partial charge in [0.15, 0.2) is 5.96 Å². The molecule has 2 heterocycles. The normalized spacial score (nSPS) is 24.8. The molecule has 1 saturated carbocycles. The van der Waals surface area contributed by atoms with Crippen molar-refractivity contribution in [2.24, 2.45) is 39.8 Å². The van der Waals surface area contributed by atoms with E-state index < -0.39 is 119 Å². The van der Waals surface area contributed by atoms with Crippen LogP contribution in [0.2, 0.25) is 0 Å². The molecule has 23 nitrogen and oxygen atoms in total. The Kier molecular flexibility index (Phi) is 24.4. The highest BCUT2D eigenvalue weighted by Crippen LogP contribution is 2.48. The first-order chi connectivity index (χ1) is 35.6. The van der Waals surface area contributed by atoms with Crippen LogP contribution in [-0.4, -0.2) is 142 Å². The third kappa shape index (κ3) is 18.9. The van der Waals surface area contributed by atoms with Gasteiger partial charge in [-0.15, -0.1) is 0 Å². The lowest BCUT2D eigenvalue weighted by Crippen LogP contribution is -2.62. The van der Waals surface area contributed by atoms with E-state index in [9.17, 15) is 47.9 Å². The van der Waals surface area contributed by atoms with Crippen LogP contribution in [0.25, 0.3) is 0 Å². The third-order valence-corrected chi connectivity index (χ3v) is 17.4. The second-order valence-corrected chi connectivity index (χ2v) is 22.8.